The summed E-state index contributed by atoms with van der Waals surface area (Å²) in [4.78, 5) is 12.6. The van der Waals surface area contributed by atoms with Crippen molar-refractivity contribution in [2.75, 3.05) is 0 Å². The molecule has 3 aromatic rings. The van der Waals surface area contributed by atoms with Gasteiger partial charge in [0.25, 0.3) is 0 Å². The van der Waals surface area contributed by atoms with Gasteiger partial charge in [0.15, 0.2) is 23.0 Å². The fraction of sp³-hybridized carbons (Fsp3) is 0.0909. The van der Waals surface area contributed by atoms with Crippen molar-refractivity contribution in [3.8, 4) is 23.0 Å². The van der Waals surface area contributed by atoms with Crippen molar-refractivity contribution in [1.29, 1.82) is 0 Å². The van der Waals surface area contributed by atoms with Crippen molar-refractivity contribution in [3.63, 3.8) is 0 Å². The summed E-state index contributed by atoms with van der Waals surface area (Å²) in [6, 6.07) is 11.0. The largest absolute Gasteiger partial charge is 0.504 e. The van der Waals surface area contributed by atoms with Crippen molar-refractivity contribution in [3.05, 3.63) is 75.5 Å². The number of hydrogen-bond acceptors (Lipinski definition) is 5. The van der Waals surface area contributed by atoms with Crippen molar-refractivity contribution in [2.24, 2.45) is 14.1 Å². The number of rotatable bonds is 4. The zero-order valence-electron chi connectivity index (χ0n) is 15.9. The second kappa shape index (κ2) is 7.93. The van der Waals surface area contributed by atoms with Crippen LogP contribution in [-0.2, 0) is 14.1 Å². The first-order chi connectivity index (χ1) is 13.8. The van der Waals surface area contributed by atoms with E-state index in [4.69, 9.17) is 0 Å². The number of benzene rings is 2. The number of aromatic hydroxyl groups is 4. The second-order valence-electron chi connectivity index (χ2n) is 6.49. The molecule has 0 fully saturated rings. The van der Waals surface area contributed by atoms with Gasteiger partial charge in [-0.25, -0.2) is 0 Å². The Morgan fingerprint density at radius 1 is 0.828 bits per heavy atom. The molecule has 0 aliphatic rings. The minimum absolute atomic E-state index is 0.227. The number of nitrogens with zero attached hydrogens (tertiary/aromatic N) is 2. The first-order valence-corrected chi connectivity index (χ1v) is 8.77. The first-order valence-electron chi connectivity index (χ1n) is 8.77. The van der Waals surface area contributed by atoms with E-state index in [2.05, 4.69) is 0 Å². The molecule has 0 saturated carbocycles. The van der Waals surface area contributed by atoms with E-state index in [1.165, 1.54) is 21.3 Å². The Bertz CT molecular complexity index is 1100. The molecule has 0 aliphatic carbocycles. The molecule has 0 amide bonds. The Morgan fingerprint density at radius 3 is 1.90 bits per heavy atom. The second-order valence-corrected chi connectivity index (χ2v) is 6.49. The van der Waals surface area contributed by atoms with Gasteiger partial charge in [0, 0.05) is 17.2 Å². The Morgan fingerprint density at radius 2 is 1.34 bits per heavy atom. The van der Waals surface area contributed by atoms with Crippen LogP contribution < -0.4 is 10.3 Å². The molecule has 0 unspecified atom stereocenters. The van der Waals surface area contributed by atoms with Crippen LogP contribution in [0.2, 0.25) is 0 Å². The predicted octanol–water partition coefficient (Wildman–Crippen LogP) is 2.37. The van der Waals surface area contributed by atoms with Crippen LogP contribution in [0, 0.1) is 0 Å². The molecule has 0 bridgehead atoms. The van der Waals surface area contributed by atoms with Gasteiger partial charge in [0.2, 0.25) is 0 Å². The zero-order valence-corrected chi connectivity index (χ0v) is 15.9. The van der Waals surface area contributed by atoms with E-state index < -0.39 is 0 Å². The maximum Gasteiger partial charge on any atom is 0.498 e. The van der Waals surface area contributed by atoms with Crippen LogP contribution in [0.5, 0.6) is 23.0 Å². The summed E-state index contributed by atoms with van der Waals surface area (Å²) < 4.78 is 2.89. The highest BCUT2D eigenvalue weighted by Gasteiger charge is 2.14. The van der Waals surface area contributed by atoms with Gasteiger partial charge in [-0.05, 0) is 36.4 Å². The Balaban J connectivity index is 2.02. The molecule has 3 rings (SSSR count). The summed E-state index contributed by atoms with van der Waals surface area (Å²) in [5.74, 6) is -0.936. The Kier molecular flexibility index (Phi) is 5.40. The topological polar surface area (TPSA) is 107 Å². The molecular weight excluding hydrogens is 372 g/mol. The molecule has 0 atom stereocenters. The maximum absolute atomic E-state index is 12.6. The zero-order chi connectivity index (χ0) is 21.1. The van der Waals surface area contributed by atoms with E-state index >= 15 is 0 Å². The van der Waals surface area contributed by atoms with Crippen LogP contribution in [-0.4, -0.2) is 25.0 Å². The van der Waals surface area contributed by atoms with Gasteiger partial charge >= 0.3 is 5.69 Å². The fourth-order valence-electron chi connectivity index (χ4n) is 2.83. The first kappa shape index (κ1) is 19.8. The summed E-state index contributed by atoms with van der Waals surface area (Å²) in [7, 11) is 3.25. The molecule has 4 N–H and O–H groups in total. The van der Waals surface area contributed by atoms with Crippen molar-refractivity contribution < 1.29 is 25.0 Å². The molecule has 7 heteroatoms. The lowest BCUT2D eigenvalue weighted by Crippen LogP contribution is -2.53. The average molecular weight is 393 g/mol. The Hall–Kier alpha value is -4.00. The minimum Gasteiger partial charge on any atom is -0.504 e. The summed E-state index contributed by atoms with van der Waals surface area (Å²) in [6.45, 7) is 0. The fourth-order valence-corrected chi connectivity index (χ4v) is 2.83. The standard InChI is InChI=1S/C22H20N2O5/c1-23-16(11-9-14-5-3-7-18(25)20(14)27)13-17(24(2)22(23)29)12-10-15-6-4-8-19(26)21(15)28/h3-13H,1-2H3,(H3,25,26,27,28)/p+1. The summed E-state index contributed by atoms with van der Waals surface area (Å²) in [5, 5.41) is 39.1. The number of hydrogen-bond donors (Lipinski definition) is 4. The van der Waals surface area contributed by atoms with Crippen molar-refractivity contribution in [1.82, 2.24) is 4.57 Å². The van der Waals surface area contributed by atoms with Crippen LogP contribution in [0.25, 0.3) is 24.3 Å². The van der Waals surface area contributed by atoms with Gasteiger partial charge < -0.3 is 20.4 Å². The van der Waals surface area contributed by atoms with E-state index in [0.717, 1.165) is 0 Å². The molecule has 0 radical (unpaired) electrons. The molecule has 0 spiro atoms. The SMILES string of the molecule is Cn1c(C=Cc2cccc(O)c2O)cc(C=Cc2cccc(O)c2O)[n+](C)c1=O. The molecule has 1 aromatic heterocycles. The number of phenols is 4. The third-order valence-corrected chi connectivity index (χ3v) is 4.60. The molecule has 7 nitrogen and oxygen atoms in total. The van der Waals surface area contributed by atoms with Crippen LogP contribution in [0.3, 0.4) is 0 Å². The quantitative estimate of drug-likeness (QED) is 0.402. The lowest BCUT2D eigenvalue weighted by atomic mass is 10.1. The molecular formula is C22H21N2O5+. The van der Waals surface area contributed by atoms with Gasteiger partial charge in [-0.2, -0.15) is 13.9 Å². The maximum atomic E-state index is 12.6. The molecule has 148 valence electrons. The predicted molar refractivity (Wildman–Crippen MR) is 110 cm³/mol. The van der Waals surface area contributed by atoms with E-state index in [-0.39, 0.29) is 28.7 Å². The monoisotopic (exact) mass is 393 g/mol. The average Bonchev–Trinajstić information content (AvgIpc) is 2.70. The molecule has 0 saturated heterocycles. The summed E-state index contributed by atoms with van der Waals surface area (Å²) >= 11 is 0. The van der Waals surface area contributed by atoms with Crippen LogP contribution >= 0.6 is 0 Å². The third-order valence-electron chi connectivity index (χ3n) is 4.60. The lowest BCUT2D eigenvalue weighted by Gasteiger charge is -2.04. The van der Waals surface area contributed by atoms with Crippen LogP contribution in [0.4, 0.5) is 0 Å². The van der Waals surface area contributed by atoms with E-state index in [1.807, 2.05) is 0 Å². The minimum atomic E-state index is -0.271. The molecule has 0 aliphatic heterocycles. The van der Waals surface area contributed by atoms with Crippen LogP contribution in [0.1, 0.15) is 22.5 Å². The molecule has 1 heterocycles. The van der Waals surface area contributed by atoms with E-state index in [1.54, 1.807) is 68.7 Å². The highest BCUT2D eigenvalue weighted by atomic mass is 16.3. The Labute approximate surface area is 167 Å². The highest BCUT2D eigenvalue weighted by Crippen LogP contribution is 2.30. The highest BCUT2D eigenvalue weighted by molar-refractivity contribution is 5.75. The third kappa shape index (κ3) is 3.98. The van der Waals surface area contributed by atoms with Crippen LogP contribution in [0.15, 0.2) is 47.3 Å². The van der Waals surface area contributed by atoms with Gasteiger partial charge in [-0.1, -0.05) is 24.3 Å². The smallest absolute Gasteiger partial charge is 0.498 e. The van der Waals surface area contributed by atoms with Gasteiger partial charge in [0.1, 0.15) is 11.4 Å². The summed E-state index contributed by atoms with van der Waals surface area (Å²) in [5.41, 5.74) is 1.68. The number of aromatic nitrogens is 2. The lowest BCUT2D eigenvalue weighted by molar-refractivity contribution is -0.692. The van der Waals surface area contributed by atoms with E-state index in [9.17, 15) is 25.2 Å². The summed E-state index contributed by atoms with van der Waals surface area (Å²) in [6.07, 6.45) is 6.49. The number of phenolic OH excluding ortho intramolecular Hbond substituents is 4. The molecule has 29 heavy (non-hydrogen) atoms. The van der Waals surface area contributed by atoms with Gasteiger partial charge in [-0.15, -0.1) is 0 Å². The van der Waals surface area contributed by atoms with Crippen molar-refractivity contribution in [2.45, 2.75) is 0 Å². The van der Waals surface area contributed by atoms with E-state index in [0.29, 0.717) is 22.5 Å². The number of para-hydroxylation sites is 2. The molecule has 2 aromatic carbocycles. The normalized spacial score (nSPS) is 11.5. The van der Waals surface area contributed by atoms with Crippen molar-refractivity contribution >= 4 is 24.3 Å². The van der Waals surface area contributed by atoms with Gasteiger partial charge in [0.05, 0.1) is 14.1 Å². The van der Waals surface area contributed by atoms with Gasteiger partial charge in [-0.3, -0.25) is 0 Å².